The number of benzene rings is 2. The summed E-state index contributed by atoms with van der Waals surface area (Å²) in [6, 6.07) is 15.1. The Morgan fingerprint density at radius 1 is 1.11 bits per heavy atom. The van der Waals surface area contributed by atoms with Crippen LogP contribution in [-0.2, 0) is 14.3 Å². The van der Waals surface area contributed by atoms with Gasteiger partial charge in [-0.2, -0.15) is 0 Å². The molecule has 35 heavy (non-hydrogen) atoms. The Morgan fingerprint density at radius 2 is 1.74 bits per heavy atom. The molecule has 2 N–H and O–H groups in total. The lowest BCUT2D eigenvalue weighted by Gasteiger charge is -2.38. The van der Waals surface area contributed by atoms with Crippen LogP contribution < -0.4 is 5.32 Å². The normalized spacial score (nSPS) is 19.5. The molecule has 7 nitrogen and oxygen atoms in total. The Morgan fingerprint density at radius 3 is 2.31 bits per heavy atom. The molecule has 182 valence electrons. The van der Waals surface area contributed by atoms with Crippen molar-refractivity contribution in [3.63, 3.8) is 0 Å². The average Bonchev–Trinajstić information content (AvgIpc) is 3.18. The van der Waals surface area contributed by atoms with E-state index in [1.807, 2.05) is 43.3 Å². The number of carboxylic acids is 1. The standard InChI is InChI=1S/C28H30N2O5/c1-3-4-13-25(26(31)30-15-14-19(27(32)33)16-18(30)2)29-28(34)35-17-24-22-11-7-5-9-20(22)21-10-6-8-12-23(21)24/h5-12,18-19,24-25H,13-17H2,1-2H3,(H,29,34)(H,32,33). The molecule has 2 amide bonds. The summed E-state index contributed by atoms with van der Waals surface area (Å²) >= 11 is 0. The summed E-state index contributed by atoms with van der Waals surface area (Å²) in [4.78, 5) is 39.0. The molecule has 0 radical (unpaired) electrons. The second-order valence-electron chi connectivity index (χ2n) is 9.09. The Hall–Kier alpha value is -3.79. The molecular formula is C28H30N2O5. The van der Waals surface area contributed by atoms with Crippen molar-refractivity contribution >= 4 is 18.0 Å². The number of ether oxygens (including phenoxy) is 1. The van der Waals surface area contributed by atoms with Gasteiger partial charge in [0.25, 0.3) is 0 Å². The van der Waals surface area contributed by atoms with Crippen LogP contribution in [0.2, 0.25) is 0 Å². The molecule has 2 aromatic carbocycles. The highest BCUT2D eigenvalue weighted by Crippen LogP contribution is 2.44. The van der Waals surface area contributed by atoms with E-state index in [-0.39, 0.29) is 30.9 Å². The van der Waals surface area contributed by atoms with Crippen molar-refractivity contribution in [3.05, 3.63) is 59.7 Å². The van der Waals surface area contributed by atoms with E-state index in [0.29, 0.717) is 19.4 Å². The molecule has 1 saturated heterocycles. The van der Waals surface area contributed by atoms with Gasteiger partial charge in [-0.05, 0) is 48.9 Å². The number of carbonyl (C=O) groups excluding carboxylic acids is 2. The van der Waals surface area contributed by atoms with Crippen LogP contribution in [0.5, 0.6) is 0 Å². The van der Waals surface area contributed by atoms with E-state index >= 15 is 0 Å². The highest BCUT2D eigenvalue weighted by Gasteiger charge is 2.36. The van der Waals surface area contributed by atoms with Gasteiger partial charge in [-0.3, -0.25) is 9.59 Å². The number of nitrogens with zero attached hydrogens (tertiary/aromatic N) is 1. The minimum absolute atomic E-state index is 0.0761. The van der Waals surface area contributed by atoms with E-state index in [2.05, 4.69) is 29.3 Å². The second-order valence-corrected chi connectivity index (χ2v) is 9.09. The topological polar surface area (TPSA) is 95.9 Å². The minimum atomic E-state index is -0.859. The molecule has 0 spiro atoms. The van der Waals surface area contributed by atoms with Crippen molar-refractivity contribution in [2.45, 2.75) is 51.1 Å². The number of aliphatic carboxylic acids is 1. The molecule has 0 bridgehead atoms. The van der Waals surface area contributed by atoms with Gasteiger partial charge in [-0.15, -0.1) is 11.8 Å². The van der Waals surface area contributed by atoms with Gasteiger partial charge in [0.05, 0.1) is 5.92 Å². The second kappa shape index (κ2) is 10.6. The molecule has 0 aromatic heterocycles. The number of fused-ring (bicyclic) bond motifs is 3. The van der Waals surface area contributed by atoms with Gasteiger partial charge in [0, 0.05) is 24.9 Å². The summed E-state index contributed by atoms with van der Waals surface area (Å²) in [5.74, 6) is 4.01. The highest BCUT2D eigenvalue weighted by atomic mass is 16.5. The molecule has 1 aliphatic carbocycles. The molecule has 2 aliphatic rings. The van der Waals surface area contributed by atoms with E-state index in [9.17, 15) is 19.5 Å². The number of hydrogen-bond acceptors (Lipinski definition) is 4. The van der Waals surface area contributed by atoms with Crippen molar-refractivity contribution < 1.29 is 24.2 Å². The molecule has 7 heteroatoms. The third kappa shape index (κ3) is 5.17. The summed E-state index contributed by atoms with van der Waals surface area (Å²) in [5, 5.41) is 12.0. The van der Waals surface area contributed by atoms with E-state index < -0.39 is 24.0 Å². The molecule has 0 saturated carbocycles. The number of rotatable bonds is 6. The number of hydrogen-bond donors (Lipinski definition) is 2. The maximum atomic E-state index is 13.3. The summed E-state index contributed by atoms with van der Waals surface area (Å²) in [6.45, 7) is 4.00. The smallest absolute Gasteiger partial charge is 0.407 e. The van der Waals surface area contributed by atoms with Crippen LogP contribution in [0.25, 0.3) is 11.1 Å². The van der Waals surface area contributed by atoms with Crippen LogP contribution in [0.15, 0.2) is 48.5 Å². The van der Waals surface area contributed by atoms with Gasteiger partial charge in [-0.1, -0.05) is 48.5 Å². The molecule has 3 unspecified atom stereocenters. The molecule has 2 aromatic rings. The van der Waals surface area contributed by atoms with E-state index in [0.717, 1.165) is 22.3 Å². The van der Waals surface area contributed by atoms with E-state index in [4.69, 9.17) is 4.74 Å². The van der Waals surface area contributed by atoms with Crippen molar-refractivity contribution in [3.8, 4) is 23.0 Å². The molecule has 1 fully saturated rings. The van der Waals surface area contributed by atoms with Gasteiger partial charge >= 0.3 is 12.1 Å². The predicted molar refractivity (Wildman–Crippen MR) is 132 cm³/mol. The maximum absolute atomic E-state index is 13.3. The largest absolute Gasteiger partial charge is 0.481 e. The number of alkyl carbamates (subject to hydrolysis) is 1. The molecule has 1 aliphatic heterocycles. The molecule has 3 atom stereocenters. The quantitative estimate of drug-likeness (QED) is 0.617. The fraction of sp³-hybridized carbons (Fsp3) is 0.393. The average molecular weight is 475 g/mol. The van der Waals surface area contributed by atoms with Gasteiger partial charge in [0.15, 0.2) is 0 Å². The Balaban J connectivity index is 1.42. The first-order valence-corrected chi connectivity index (χ1v) is 11.9. The summed E-state index contributed by atoms with van der Waals surface area (Å²) < 4.78 is 5.62. The third-order valence-corrected chi connectivity index (χ3v) is 6.93. The lowest BCUT2D eigenvalue weighted by molar-refractivity contribution is -0.148. The van der Waals surface area contributed by atoms with E-state index in [1.165, 1.54) is 0 Å². The molecule has 4 rings (SSSR count). The van der Waals surface area contributed by atoms with Crippen LogP contribution in [-0.4, -0.2) is 53.2 Å². The van der Waals surface area contributed by atoms with Gasteiger partial charge in [0.1, 0.15) is 12.6 Å². The zero-order valence-electron chi connectivity index (χ0n) is 20.0. The van der Waals surface area contributed by atoms with Crippen molar-refractivity contribution in [2.24, 2.45) is 5.92 Å². The SMILES string of the molecule is CC#CCC(NC(=O)OCC1c2ccccc2-c2ccccc21)C(=O)N1CCC(C(=O)O)CC1C. The first kappa shape index (κ1) is 24.3. The zero-order chi connectivity index (χ0) is 24.9. The number of likely N-dealkylation sites (tertiary alicyclic amines) is 1. The summed E-state index contributed by atoms with van der Waals surface area (Å²) in [7, 11) is 0. The number of amides is 2. The molecular weight excluding hydrogens is 444 g/mol. The summed E-state index contributed by atoms with van der Waals surface area (Å²) in [5.41, 5.74) is 4.51. The van der Waals surface area contributed by atoms with E-state index in [1.54, 1.807) is 11.8 Å². The number of nitrogens with one attached hydrogen (secondary N) is 1. The van der Waals surface area contributed by atoms with Gasteiger partial charge < -0.3 is 20.1 Å². The minimum Gasteiger partial charge on any atom is -0.481 e. The predicted octanol–water partition coefficient (Wildman–Crippen LogP) is 4.02. The fourth-order valence-electron chi connectivity index (χ4n) is 5.11. The van der Waals surface area contributed by atoms with Gasteiger partial charge in [-0.25, -0.2) is 4.79 Å². The Kier molecular flexibility index (Phi) is 7.40. The summed E-state index contributed by atoms with van der Waals surface area (Å²) in [6.07, 6.45) is 0.266. The lowest BCUT2D eigenvalue weighted by Crippen LogP contribution is -2.54. The van der Waals surface area contributed by atoms with Crippen LogP contribution in [0, 0.1) is 17.8 Å². The number of piperidine rings is 1. The lowest BCUT2D eigenvalue weighted by atomic mass is 9.91. The van der Waals surface area contributed by atoms with Crippen molar-refractivity contribution in [1.82, 2.24) is 10.2 Å². The fourth-order valence-corrected chi connectivity index (χ4v) is 5.11. The number of carbonyl (C=O) groups is 3. The monoisotopic (exact) mass is 474 g/mol. The zero-order valence-corrected chi connectivity index (χ0v) is 20.0. The third-order valence-electron chi connectivity index (χ3n) is 6.93. The molecule has 1 heterocycles. The van der Waals surface area contributed by atoms with Crippen molar-refractivity contribution in [2.75, 3.05) is 13.2 Å². The van der Waals surface area contributed by atoms with Crippen molar-refractivity contribution in [1.29, 1.82) is 0 Å². The van der Waals surface area contributed by atoms with Crippen LogP contribution >= 0.6 is 0 Å². The highest BCUT2D eigenvalue weighted by molar-refractivity contribution is 5.86. The van der Waals surface area contributed by atoms with Crippen LogP contribution in [0.3, 0.4) is 0 Å². The Labute approximate surface area is 205 Å². The van der Waals surface area contributed by atoms with Gasteiger partial charge in [0.2, 0.25) is 5.91 Å². The Bertz CT molecular complexity index is 1140. The first-order valence-electron chi connectivity index (χ1n) is 11.9. The van der Waals surface area contributed by atoms with Crippen LogP contribution in [0.4, 0.5) is 4.79 Å². The maximum Gasteiger partial charge on any atom is 0.407 e. The van der Waals surface area contributed by atoms with Crippen LogP contribution in [0.1, 0.15) is 50.2 Å². The number of carboxylic acid groups (broad SMARTS) is 1. The first-order chi connectivity index (χ1) is 16.9.